The van der Waals surface area contributed by atoms with Crippen molar-refractivity contribution in [3.05, 3.63) is 29.8 Å². The number of ether oxygens (including phenoxy) is 1. The van der Waals surface area contributed by atoms with Crippen LogP contribution < -0.4 is 4.90 Å². The molecule has 0 amide bonds. The van der Waals surface area contributed by atoms with Crippen molar-refractivity contribution in [1.29, 1.82) is 0 Å². The maximum Gasteiger partial charge on any atom is 0.0645 e. The predicted molar refractivity (Wildman–Crippen MR) is 74.2 cm³/mol. The normalized spacial score (nSPS) is 26.1. The Morgan fingerprint density at radius 2 is 1.83 bits per heavy atom. The zero-order valence-corrected chi connectivity index (χ0v) is 11.3. The largest absolute Gasteiger partial charge is 0.378 e. The van der Waals surface area contributed by atoms with Gasteiger partial charge in [-0.25, -0.2) is 0 Å². The van der Waals surface area contributed by atoms with E-state index in [1.807, 2.05) is 0 Å². The third kappa shape index (κ3) is 2.25. The average molecular weight is 246 g/mol. The fourth-order valence-corrected chi connectivity index (χ4v) is 2.92. The summed E-state index contributed by atoms with van der Waals surface area (Å²) >= 11 is 0. The number of hydrogen-bond acceptors (Lipinski definition) is 3. The Balaban J connectivity index is 1.65. The molecule has 2 heterocycles. The van der Waals surface area contributed by atoms with Crippen LogP contribution >= 0.6 is 0 Å². The van der Waals surface area contributed by atoms with Crippen molar-refractivity contribution in [2.45, 2.75) is 25.9 Å². The highest BCUT2D eigenvalue weighted by molar-refractivity contribution is 5.48. The molecule has 3 nitrogen and oxygen atoms in total. The van der Waals surface area contributed by atoms with Gasteiger partial charge < -0.3 is 9.64 Å². The first-order valence-corrected chi connectivity index (χ1v) is 6.89. The molecular weight excluding hydrogens is 224 g/mol. The van der Waals surface area contributed by atoms with E-state index in [1.165, 1.54) is 11.3 Å². The summed E-state index contributed by atoms with van der Waals surface area (Å²) in [5.74, 6) is 0. The van der Waals surface area contributed by atoms with Gasteiger partial charge in [0.25, 0.3) is 0 Å². The van der Waals surface area contributed by atoms with Gasteiger partial charge in [0, 0.05) is 31.4 Å². The quantitative estimate of drug-likeness (QED) is 0.793. The van der Waals surface area contributed by atoms with E-state index < -0.39 is 0 Å². The van der Waals surface area contributed by atoms with Gasteiger partial charge in [-0.1, -0.05) is 17.7 Å². The van der Waals surface area contributed by atoms with Crippen molar-refractivity contribution >= 4 is 5.69 Å². The third-order valence-electron chi connectivity index (χ3n) is 4.17. The first kappa shape index (κ1) is 12.0. The zero-order chi connectivity index (χ0) is 12.5. The number of piperazine rings is 1. The summed E-state index contributed by atoms with van der Waals surface area (Å²) in [7, 11) is 0. The van der Waals surface area contributed by atoms with E-state index in [2.05, 4.69) is 47.9 Å². The molecule has 0 saturated carbocycles. The van der Waals surface area contributed by atoms with E-state index in [-0.39, 0.29) is 0 Å². The Kier molecular flexibility index (Phi) is 3.27. The summed E-state index contributed by atoms with van der Waals surface area (Å²) < 4.78 is 5.31. The van der Waals surface area contributed by atoms with Gasteiger partial charge in [0.15, 0.2) is 0 Å². The minimum Gasteiger partial charge on any atom is -0.378 e. The Hall–Kier alpha value is -1.06. The number of nitrogens with zero attached hydrogens (tertiary/aromatic N) is 2. The SMILES string of the molecule is Cc1ccc(N2CCN(C3COC3)[C@@H](C)C2)cc1. The van der Waals surface area contributed by atoms with Crippen LogP contribution in [0.2, 0.25) is 0 Å². The maximum atomic E-state index is 5.31. The molecule has 0 unspecified atom stereocenters. The molecule has 0 aromatic heterocycles. The van der Waals surface area contributed by atoms with Crippen molar-refractivity contribution in [2.75, 3.05) is 37.7 Å². The molecule has 2 fully saturated rings. The van der Waals surface area contributed by atoms with E-state index in [9.17, 15) is 0 Å². The topological polar surface area (TPSA) is 15.7 Å². The van der Waals surface area contributed by atoms with Crippen molar-refractivity contribution in [2.24, 2.45) is 0 Å². The first-order chi connectivity index (χ1) is 8.74. The van der Waals surface area contributed by atoms with E-state index in [1.54, 1.807) is 0 Å². The van der Waals surface area contributed by atoms with Crippen molar-refractivity contribution in [1.82, 2.24) is 4.90 Å². The van der Waals surface area contributed by atoms with Crippen LogP contribution in [0.4, 0.5) is 5.69 Å². The van der Waals surface area contributed by atoms with Crippen LogP contribution in [0.3, 0.4) is 0 Å². The molecule has 0 aliphatic carbocycles. The summed E-state index contributed by atoms with van der Waals surface area (Å²) in [5.41, 5.74) is 2.69. The number of benzene rings is 1. The van der Waals surface area contributed by atoms with Gasteiger partial charge in [-0.15, -0.1) is 0 Å². The minimum atomic E-state index is 0.619. The van der Waals surface area contributed by atoms with E-state index >= 15 is 0 Å². The lowest BCUT2D eigenvalue weighted by Crippen LogP contribution is -2.60. The smallest absolute Gasteiger partial charge is 0.0645 e. The molecule has 0 spiro atoms. The van der Waals surface area contributed by atoms with E-state index in [4.69, 9.17) is 4.74 Å². The summed E-state index contributed by atoms with van der Waals surface area (Å²) in [6, 6.07) is 10.2. The first-order valence-electron chi connectivity index (χ1n) is 6.89. The molecular formula is C15H22N2O. The van der Waals surface area contributed by atoms with Crippen LogP contribution in [0.1, 0.15) is 12.5 Å². The highest BCUT2D eigenvalue weighted by Crippen LogP contribution is 2.22. The Morgan fingerprint density at radius 1 is 1.11 bits per heavy atom. The van der Waals surface area contributed by atoms with Crippen LogP contribution in [0, 0.1) is 6.92 Å². The summed E-state index contributed by atoms with van der Waals surface area (Å²) in [6.07, 6.45) is 0. The molecule has 3 heteroatoms. The van der Waals surface area contributed by atoms with Crippen LogP contribution in [0.5, 0.6) is 0 Å². The van der Waals surface area contributed by atoms with Gasteiger partial charge in [0.1, 0.15) is 0 Å². The molecule has 0 radical (unpaired) electrons. The molecule has 3 rings (SSSR count). The minimum absolute atomic E-state index is 0.619. The van der Waals surface area contributed by atoms with Crippen LogP contribution in [0.15, 0.2) is 24.3 Å². The fraction of sp³-hybridized carbons (Fsp3) is 0.600. The fourth-order valence-electron chi connectivity index (χ4n) is 2.92. The number of anilines is 1. The number of hydrogen-bond donors (Lipinski definition) is 0. The highest BCUT2D eigenvalue weighted by Gasteiger charge is 2.33. The van der Waals surface area contributed by atoms with Crippen molar-refractivity contribution in [3.8, 4) is 0 Å². The molecule has 98 valence electrons. The highest BCUT2D eigenvalue weighted by atomic mass is 16.5. The molecule has 2 aliphatic heterocycles. The second-order valence-corrected chi connectivity index (χ2v) is 5.56. The second-order valence-electron chi connectivity index (χ2n) is 5.56. The monoisotopic (exact) mass is 246 g/mol. The lowest BCUT2D eigenvalue weighted by molar-refractivity contribution is -0.0792. The summed E-state index contributed by atoms with van der Waals surface area (Å²) in [6.45, 7) is 9.73. The van der Waals surface area contributed by atoms with Gasteiger partial charge >= 0.3 is 0 Å². The Bertz CT molecular complexity index is 399. The van der Waals surface area contributed by atoms with E-state index in [0.29, 0.717) is 12.1 Å². The standard InChI is InChI=1S/C15H22N2O/c1-12-3-5-14(6-4-12)16-7-8-17(13(2)9-16)15-10-18-11-15/h3-6,13,15H,7-11H2,1-2H3/t13-/m0/s1. The lowest BCUT2D eigenvalue weighted by Gasteiger charge is -2.47. The third-order valence-corrected chi connectivity index (χ3v) is 4.17. The van der Waals surface area contributed by atoms with Crippen LogP contribution in [-0.4, -0.2) is 49.8 Å². The Labute approximate surface area is 109 Å². The van der Waals surface area contributed by atoms with Gasteiger partial charge in [-0.05, 0) is 26.0 Å². The van der Waals surface area contributed by atoms with Gasteiger partial charge in [-0.3, -0.25) is 4.90 Å². The maximum absolute atomic E-state index is 5.31. The molecule has 1 atom stereocenters. The molecule has 2 aliphatic rings. The number of rotatable bonds is 2. The molecule has 18 heavy (non-hydrogen) atoms. The molecule has 0 bridgehead atoms. The van der Waals surface area contributed by atoms with Gasteiger partial charge in [0.2, 0.25) is 0 Å². The van der Waals surface area contributed by atoms with Crippen LogP contribution in [-0.2, 0) is 4.74 Å². The second kappa shape index (κ2) is 4.90. The number of aryl methyl sites for hydroxylation is 1. The van der Waals surface area contributed by atoms with Crippen molar-refractivity contribution < 1.29 is 4.74 Å². The lowest BCUT2D eigenvalue weighted by atomic mass is 10.1. The zero-order valence-electron chi connectivity index (χ0n) is 11.3. The van der Waals surface area contributed by atoms with Gasteiger partial charge in [-0.2, -0.15) is 0 Å². The van der Waals surface area contributed by atoms with Crippen molar-refractivity contribution in [3.63, 3.8) is 0 Å². The van der Waals surface area contributed by atoms with E-state index in [0.717, 1.165) is 32.8 Å². The average Bonchev–Trinajstić information content (AvgIpc) is 2.30. The molecule has 0 N–H and O–H groups in total. The molecule has 1 aromatic rings. The van der Waals surface area contributed by atoms with Crippen LogP contribution in [0.25, 0.3) is 0 Å². The summed E-state index contributed by atoms with van der Waals surface area (Å²) in [5, 5.41) is 0. The summed E-state index contributed by atoms with van der Waals surface area (Å²) in [4.78, 5) is 5.11. The predicted octanol–water partition coefficient (Wildman–Crippen LogP) is 1.90. The Morgan fingerprint density at radius 3 is 2.39 bits per heavy atom. The van der Waals surface area contributed by atoms with Gasteiger partial charge in [0.05, 0.1) is 19.3 Å². The molecule has 2 saturated heterocycles. The molecule has 1 aromatic carbocycles.